The number of carbonyl (C=O) groups is 2. The minimum atomic E-state index is -1.06. The average Bonchev–Trinajstić information content (AvgIpc) is 2.81. The number of rotatable bonds is 8. The van der Waals surface area contributed by atoms with E-state index in [-0.39, 0.29) is 12.2 Å². The molecule has 106 valence electrons. The van der Waals surface area contributed by atoms with E-state index in [0.717, 1.165) is 25.7 Å². The lowest BCUT2D eigenvalue weighted by molar-refractivity contribution is 0.0698. The molecule has 0 atom stereocenters. The molecule has 4 N–H and O–H groups in total. The minimum Gasteiger partial charge on any atom is -0.478 e. The Morgan fingerprint density at radius 3 is 2.63 bits per heavy atom. The maximum atomic E-state index is 11.5. The number of carboxylic acids is 1. The molecule has 0 spiro atoms. The molecular formula is C12H18N2O4S. The van der Waals surface area contributed by atoms with Crippen molar-refractivity contribution >= 4 is 28.3 Å². The molecule has 0 aromatic carbocycles. The molecule has 1 heterocycles. The van der Waals surface area contributed by atoms with Crippen molar-refractivity contribution in [2.75, 3.05) is 18.5 Å². The third-order valence-corrected chi connectivity index (χ3v) is 3.32. The number of thiophene rings is 1. The highest BCUT2D eigenvalue weighted by Gasteiger charge is 2.13. The molecule has 0 bridgehead atoms. The van der Waals surface area contributed by atoms with Crippen molar-refractivity contribution in [3.8, 4) is 0 Å². The first-order valence-electron chi connectivity index (χ1n) is 6.11. The number of aliphatic hydroxyl groups is 1. The number of anilines is 1. The normalized spacial score (nSPS) is 10.2. The number of carbonyl (C=O) groups excluding carboxylic acids is 1. The van der Waals surface area contributed by atoms with E-state index >= 15 is 0 Å². The Kier molecular flexibility index (Phi) is 6.91. The summed E-state index contributed by atoms with van der Waals surface area (Å²) in [6.07, 6.45) is 3.50. The monoisotopic (exact) mass is 286 g/mol. The van der Waals surface area contributed by atoms with E-state index in [1.807, 2.05) is 0 Å². The number of unbranched alkanes of at least 4 members (excludes halogenated alkanes) is 3. The highest BCUT2D eigenvalue weighted by Crippen LogP contribution is 2.22. The summed E-state index contributed by atoms with van der Waals surface area (Å²) in [5, 5.41) is 24.6. The summed E-state index contributed by atoms with van der Waals surface area (Å²) in [6.45, 7) is 0.731. The summed E-state index contributed by atoms with van der Waals surface area (Å²) in [5.41, 5.74) is 0.100. The largest absolute Gasteiger partial charge is 0.478 e. The van der Waals surface area contributed by atoms with Crippen LogP contribution in [0.4, 0.5) is 9.80 Å². The van der Waals surface area contributed by atoms with Crippen molar-refractivity contribution in [2.45, 2.75) is 25.7 Å². The number of nitrogens with one attached hydrogen (secondary N) is 2. The molecule has 0 saturated heterocycles. The first-order valence-corrected chi connectivity index (χ1v) is 6.99. The SMILES string of the molecule is O=C(NCCCCCCO)Nc1sccc1C(=O)O. The minimum absolute atomic E-state index is 0.100. The van der Waals surface area contributed by atoms with Gasteiger partial charge in [-0.25, -0.2) is 9.59 Å². The van der Waals surface area contributed by atoms with Crippen molar-refractivity contribution in [3.63, 3.8) is 0 Å². The van der Waals surface area contributed by atoms with Crippen LogP contribution in [0.15, 0.2) is 11.4 Å². The van der Waals surface area contributed by atoms with Gasteiger partial charge in [-0.15, -0.1) is 11.3 Å². The number of hydrogen-bond donors (Lipinski definition) is 4. The van der Waals surface area contributed by atoms with Gasteiger partial charge in [0.05, 0.1) is 5.56 Å². The van der Waals surface area contributed by atoms with Crippen LogP contribution in [-0.4, -0.2) is 35.4 Å². The van der Waals surface area contributed by atoms with E-state index in [4.69, 9.17) is 10.2 Å². The highest BCUT2D eigenvalue weighted by molar-refractivity contribution is 7.14. The Morgan fingerprint density at radius 2 is 1.95 bits per heavy atom. The number of aliphatic hydroxyl groups excluding tert-OH is 1. The maximum Gasteiger partial charge on any atom is 0.338 e. The molecule has 0 aliphatic rings. The van der Waals surface area contributed by atoms with Crippen molar-refractivity contribution < 1.29 is 19.8 Å². The van der Waals surface area contributed by atoms with Crippen LogP contribution >= 0.6 is 11.3 Å². The number of carboxylic acid groups (broad SMARTS) is 1. The number of amides is 2. The molecule has 0 saturated carbocycles. The third-order valence-electron chi connectivity index (χ3n) is 2.49. The number of aromatic carboxylic acids is 1. The lowest BCUT2D eigenvalue weighted by atomic mass is 10.2. The fraction of sp³-hybridized carbons (Fsp3) is 0.500. The molecule has 19 heavy (non-hydrogen) atoms. The second-order valence-electron chi connectivity index (χ2n) is 3.99. The van der Waals surface area contributed by atoms with E-state index in [0.29, 0.717) is 11.5 Å². The van der Waals surface area contributed by atoms with Gasteiger partial charge in [0.15, 0.2) is 0 Å². The van der Waals surface area contributed by atoms with Gasteiger partial charge in [-0.2, -0.15) is 0 Å². The van der Waals surface area contributed by atoms with E-state index in [9.17, 15) is 9.59 Å². The second kappa shape index (κ2) is 8.49. The molecule has 0 aliphatic carbocycles. The van der Waals surface area contributed by atoms with Crippen LogP contribution in [0.5, 0.6) is 0 Å². The first-order chi connectivity index (χ1) is 9.15. The average molecular weight is 286 g/mol. The molecule has 1 aromatic rings. The zero-order valence-corrected chi connectivity index (χ0v) is 11.3. The first kappa shape index (κ1) is 15.5. The summed E-state index contributed by atoms with van der Waals surface area (Å²) in [6, 6.07) is 1.06. The van der Waals surface area contributed by atoms with E-state index in [1.54, 1.807) is 5.38 Å². The van der Waals surface area contributed by atoms with Crippen LogP contribution in [0.3, 0.4) is 0 Å². The topological polar surface area (TPSA) is 98.7 Å². The number of urea groups is 1. The molecule has 7 heteroatoms. The van der Waals surface area contributed by atoms with Gasteiger partial charge in [0, 0.05) is 13.2 Å². The predicted molar refractivity (Wildman–Crippen MR) is 73.9 cm³/mol. The van der Waals surface area contributed by atoms with Gasteiger partial charge in [-0.1, -0.05) is 12.8 Å². The molecule has 1 aromatic heterocycles. The summed E-state index contributed by atoms with van der Waals surface area (Å²) in [4.78, 5) is 22.4. The van der Waals surface area contributed by atoms with Crippen LogP contribution in [0, 0.1) is 0 Å². The Morgan fingerprint density at radius 1 is 1.21 bits per heavy atom. The molecule has 0 aliphatic heterocycles. The Balaban J connectivity index is 2.24. The third kappa shape index (κ3) is 5.71. The fourth-order valence-corrected chi connectivity index (χ4v) is 2.29. The van der Waals surface area contributed by atoms with Crippen molar-refractivity contribution in [1.29, 1.82) is 0 Å². The van der Waals surface area contributed by atoms with Gasteiger partial charge in [0.2, 0.25) is 0 Å². The molecule has 2 amide bonds. The van der Waals surface area contributed by atoms with Gasteiger partial charge in [-0.05, 0) is 24.3 Å². The molecular weight excluding hydrogens is 268 g/mol. The summed E-state index contributed by atoms with van der Waals surface area (Å²) in [5.74, 6) is -1.06. The second-order valence-corrected chi connectivity index (χ2v) is 4.90. The van der Waals surface area contributed by atoms with Crippen LogP contribution in [0.1, 0.15) is 36.0 Å². The standard InChI is InChI=1S/C12H18N2O4S/c15-7-4-2-1-3-6-13-12(18)14-10-9(11(16)17)5-8-19-10/h5,8,15H,1-4,6-7H2,(H,16,17)(H2,13,14,18). The zero-order valence-electron chi connectivity index (χ0n) is 10.5. The maximum absolute atomic E-state index is 11.5. The smallest absolute Gasteiger partial charge is 0.338 e. The predicted octanol–water partition coefficient (Wildman–Crippen LogP) is 2.12. The van der Waals surface area contributed by atoms with Crippen LogP contribution in [0.25, 0.3) is 0 Å². The Bertz CT molecular complexity index is 420. The van der Waals surface area contributed by atoms with Crippen LogP contribution in [0.2, 0.25) is 0 Å². The molecule has 0 unspecified atom stereocenters. The van der Waals surface area contributed by atoms with Gasteiger partial charge in [0.25, 0.3) is 0 Å². The highest BCUT2D eigenvalue weighted by atomic mass is 32.1. The van der Waals surface area contributed by atoms with Gasteiger partial charge in [-0.3, -0.25) is 5.32 Å². The molecule has 1 rings (SSSR count). The Labute approximate surface area is 115 Å². The molecule has 0 fully saturated rings. The fourth-order valence-electron chi connectivity index (χ4n) is 1.51. The number of hydrogen-bond acceptors (Lipinski definition) is 4. The van der Waals surface area contributed by atoms with Crippen LogP contribution < -0.4 is 10.6 Å². The summed E-state index contributed by atoms with van der Waals surface area (Å²) in [7, 11) is 0. The van der Waals surface area contributed by atoms with Crippen molar-refractivity contribution in [1.82, 2.24) is 5.32 Å². The van der Waals surface area contributed by atoms with Gasteiger partial charge in [0.1, 0.15) is 5.00 Å². The van der Waals surface area contributed by atoms with Gasteiger partial charge >= 0.3 is 12.0 Å². The van der Waals surface area contributed by atoms with Crippen LogP contribution in [-0.2, 0) is 0 Å². The van der Waals surface area contributed by atoms with Crippen molar-refractivity contribution in [3.05, 3.63) is 17.0 Å². The Hall–Kier alpha value is -1.60. The summed E-state index contributed by atoms with van der Waals surface area (Å²) >= 11 is 1.18. The lowest BCUT2D eigenvalue weighted by Crippen LogP contribution is -2.29. The lowest BCUT2D eigenvalue weighted by Gasteiger charge is -2.06. The van der Waals surface area contributed by atoms with E-state index in [2.05, 4.69) is 10.6 Å². The van der Waals surface area contributed by atoms with E-state index in [1.165, 1.54) is 17.4 Å². The molecule has 0 radical (unpaired) electrons. The van der Waals surface area contributed by atoms with E-state index < -0.39 is 12.0 Å². The summed E-state index contributed by atoms with van der Waals surface area (Å²) < 4.78 is 0. The molecule has 6 nitrogen and oxygen atoms in total. The van der Waals surface area contributed by atoms with Gasteiger partial charge < -0.3 is 15.5 Å². The van der Waals surface area contributed by atoms with Crippen molar-refractivity contribution in [2.24, 2.45) is 0 Å². The zero-order chi connectivity index (χ0) is 14.1. The quantitative estimate of drug-likeness (QED) is 0.550.